The topological polar surface area (TPSA) is 20.3 Å². The van der Waals surface area contributed by atoms with Crippen LogP contribution in [0.2, 0.25) is 0 Å². The highest BCUT2D eigenvalue weighted by molar-refractivity contribution is 6.18. The minimum Gasteiger partial charge on any atom is -0.335 e. The highest BCUT2D eigenvalue weighted by Gasteiger charge is 2.31. The predicted molar refractivity (Wildman–Crippen MR) is 68.3 cm³/mol. The van der Waals surface area contributed by atoms with E-state index < -0.39 is 17.6 Å². The second kappa shape index (κ2) is 6.28. The van der Waals surface area contributed by atoms with Crippen LogP contribution in [0.4, 0.5) is 13.2 Å². The Balaban J connectivity index is 3.05. The molecular weight excluding hydrogens is 279 g/mol. The van der Waals surface area contributed by atoms with Gasteiger partial charge in [0.25, 0.3) is 5.91 Å². The van der Waals surface area contributed by atoms with Gasteiger partial charge >= 0.3 is 6.18 Å². The molecule has 0 spiro atoms. The summed E-state index contributed by atoms with van der Waals surface area (Å²) < 4.78 is 37.8. The molecule has 1 aromatic carbocycles. The Bertz CT molecular complexity index is 446. The molecule has 1 aromatic rings. The Morgan fingerprint density at radius 3 is 2.47 bits per heavy atom. The maximum absolute atomic E-state index is 12.6. The van der Waals surface area contributed by atoms with E-state index in [1.165, 1.54) is 17.0 Å². The van der Waals surface area contributed by atoms with E-state index in [2.05, 4.69) is 0 Å². The average molecular weight is 294 g/mol. The first-order valence-corrected chi connectivity index (χ1v) is 6.35. The van der Waals surface area contributed by atoms with Crippen molar-refractivity contribution in [2.75, 3.05) is 12.4 Å². The molecule has 0 saturated heterocycles. The second-order valence-electron chi connectivity index (χ2n) is 4.36. The lowest BCUT2D eigenvalue weighted by atomic mass is 10.1. The van der Waals surface area contributed by atoms with E-state index in [1.807, 2.05) is 0 Å². The van der Waals surface area contributed by atoms with E-state index in [9.17, 15) is 18.0 Å². The highest BCUT2D eigenvalue weighted by atomic mass is 35.5. The van der Waals surface area contributed by atoms with Gasteiger partial charge < -0.3 is 4.90 Å². The second-order valence-corrected chi connectivity index (χ2v) is 4.74. The molecule has 0 atom stereocenters. The van der Waals surface area contributed by atoms with Gasteiger partial charge in [0.2, 0.25) is 0 Å². The zero-order valence-corrected chi connectivity index (χ0v) is 11.4. The normalized spacial score (nSPS) is 11.7. The van der Waals surface area contributed by atoms with Crippen LogP contribution in [0.3, 0.4) is 0 Å². The minimum atomic E-state index is -4.45. The largest absolute Gasteiger partial charge is 0.416 e. The first-order chi connectivity index (χ1) is 8.77. The quantitative estimate of drug-likeness (QED) is 0.773. The van der Waals surface area contributed by atoms with E-state index in [1.54, 1.807) is 13.8 Å². The van der Waals surface area contributed by atoms with Crippen LogP contribution in [-0.2, 0) is 6.18 Å². The zero-order valence-electron chi connectivity index (χ0n) is 10.7. The number of nitrogens with zero attached hydrogens (tertiary/aromatic N) is 1. The third kappa shape index (κ3) is 4.13. The lowest BCUT2D eigenvalue weighted by Crippen LogP contribution is -2.38. The van der Waals surface area contributed by atoms with Crippen molar-refractivity contribution in [3.05, 3.63) is 35.4 Å². The van der Waals surface area contributed by atoms with Crippen LogP contribution in [0.15, 0.2) is 24.3 Å². The molecule has 0 aromatic heterocycles. The molecule has 2 nitrogen and oxygen atoms in total. The lowest BCUT2D eigenvalue weighted by Gasteiger charge is -2.26. The van der Waals surface area contributed by atoms with Crippen LogP contribution in [0.25, 0.3) is 0 Å². The SMILES string of the molecule is CC(C)N(CCCl)C(=O)c1cccc(C(F)(F)F)c1. The number of benzene rings is 1. The van der Waals surface area contributed by atoms with Gasteiger partial charge in [0.05, 0.1) is 5.56 Å². The maximum Gasteiger partial charge on any atom is 0.416 e. The van der Waals surface area contributed by atoms with Crippen LogP contribution in [-0.4, -0.2) is 29.3 Å². The molecule has 0 heterocycles. The molecule has 0 fully saturated rings. The van der Waals surface area contributed by atoms with Gasteiger partial charge in [-0.1, -0.05) is 6.07 Å². The Morgan fingerprint density at radius 1 is 1.37 bits per heavy atom. The molecule has 0 aliphatic carbocycles. The van der Waals surface area contributed by atoms with Crippen LogP contribution < -0.4 is 0 Å². The lowest BCUT2D eigenvalue weighted by molar-refractivity contribution is -0.137. The Morgan fingerprint density at radius 2 is 2.00 bits per heavy atom. The van der Waals surface area contributed by atoms with Gasteiger partial charge in [-0.25, -0.2) is 0 Å². The van der Waals surface area contributed by atoms with Crippen molar-refractivity contribution in [1.29, 1.82) is 0 Å². The van der Waals surface area contributed by atoms with E-state index in [4.69, 9.17) is 11.6 Å². The molecule has 1 rings (SSSR count). The standard InChI is InChI=1S/C13H15ClF3NO/c1-9(2)18(7-6-14)12(19)10-4-3-5-11(8-10)13(15,16)17/h3-5,8-9H,6-7H2,1-2H3. The molecule has 0 aliphatic heterocycles. The average Bonchev–Trinajstić information content (AvgIpc) is 2.34. The van der Waals surface area contributed by atoms with Crippen molar-refractivity contribution >= 4 is 17.5 Å². The fourth-order valence-corrected chi connectivity index (χ4v) is 1.86. The molecule has 1 amide bonds. The number of halogens is 4. The number of hydrogen-bond acceptors (Lipinski definition) is 1. The molecule has 0 aliphatic rings. The summed E-state index contributed by atoms with van der Waals surface area (Å²) in [5, 5.41) is 0. The number of carbonyl (C=O) groups excluding carboxylic acids is 1. The smallest absolute Gasteiger partial charge is 0.335 e. The van der Waals surface area contributed by atoms with Crippen molar-refractivity contribution in [3.8, 4) is 0 Å². The predicted octanol–water partition coefficient (Wildman–Crippen LogP) is 3.79. The summed E-state index contributed by atoms with van der Waals surface area (Å²) in [6, 6.07) is 4.29. The molecule has 0 radical (unpaired) electrons. The third-order valence-electron chi connectivity index (χ3n) is 2.65. The maximum atomic E-state index is 12.6. The third-order valence-corrected chi connectivity index (χ3v) is 2.82. The molecule has 0 saturated carbocycles. The Labute approximate surface area is 115 Å². The van der Waals surface area contributed by atoms with E-state index in [0.717, 1.165) is 12.1 Å². The summed E-state index contributed by atoms with van der Waals surface area (Å²) in [5.74, 6) is -0.204. The van der Waals surface area contributed by atoms with Crippen LogP contribution >= 0.6 is 11.6 Å². The number of carbonyl (C=O) groups is 1. The molecule has 0 unspecified atom stereocenters. The number of amides is 1. The highest BCUT2D eigenvalue weighted by Crippen LogP contribution is 2.29. The number of hydrogen-bond donors (Lipinski definition) is 0. The first-order valence-electron chi connectivity index (χ1n) is 5.81. The molecule has 6 heteroatoms. The molecule has 19 heavy (non-hydrogen) atoms. The summed E-state index contributed by atoms with van der Waals surface area (Å²) in [6.07, 6.45) is -4.45. The van der Waals surface area contributed by atoms with E-state index in [-0.39, 0.29) is 17.5 Å². The molecule has 106 valence electrons. The minimum absolute atomic E-state index is 0.0219. The van der Waals surface area contributed by atoms with Crippen molar-refractivity contribution in [2.24, 2.45) is 0 Å². The van der Waals surface area contributed by atoms with Crippen molar-refractivity contribution in [3.63, 3.8) is 0 Å². The number of alkyl halides is 4. The summed E-state index contributed by atoms with van der Waals surface area (Å²) in [7, 11) is 0. The van der Waals surface area contributed by atoms with Crippen LogP contribution in [0.1, 0.15) is 29.8 Å². The van der Waals surface area contributed by atoms with Crippen LogP contribution in [0.5, 0.6) is 0 Å². The van der Waals surface area contributed by atoms with E-state index >= 15 is 0 Å². The fourth-order valence-electron chi connectivity index (χ4n) is 1.68. The van der Waals surface area contributed by atoms with Crippen molar-refractivity contribution < 1.29 is 18.0 Å². The zero-order chi connectivity index (χ0) is 14.6. The fraction of sp³-hybridized carbons (Fsp3) is 0.462. The van der Waals surface area contributed by atoms with Gasteiger partial charge in [-0.3, -0.25) is 4.79 Å². The molecule has 0 N–H and O–H groups in total. The Hall–Kier alpha value is -1.23. The first kappa shape index (κ1) is 15.8. The Kier molecular flexibility index (Phi) is 5.23. The van der Waals surface area contributed by atoms with Crippen molar-refractivity contribution in [1.82, 2.24) is 4.90 Å². The summed E-state index contributed by atoms with van der Waals surface area (Å²) in [4.78, 5) is 13.6. The summed E-state index contributed by atoms with van der Waals surface area (Å²) >= 11 is 5.60. The summed E-state index contributed by atoms with van der Waals surface area (Å²) in [6.45, 7) is 3.88. The molecule has 0 bridgehead atoms. The van der Waals surface area contributed by atoms with E-state index in [0.29, 0.717) is 6.54 Å². The van der Waals surface area contributed by atoms with Gasteiger partial charge in [-0.2, -0.15) is 13.2 Å². The van der Waals surface area contributed by atoms with Gasteiger partial charge in [0.15, 0.2) is 0 Å². The number of rotatable bonds is 4. The van der Waals surface area contributed by atoms with Gasteiger partial charge in [-0.05, 0) is 32.0 Å². The van der Waals surface area contributed by atoms with Gasteiger partial charge in [0, 0.05) is 24.0 Å². The van der Waals surface area contributed by atoms with Gasteiger partial charge in [0.1, 0.15) is 0 Å². The summed E-state index contributed by atoms with van der Waals surface area (Å²) in [5.41, 5.74) is -0.804. The van der Waals surface area contributed by atoms with Crippen molar-refractivity contribution in [2.45, 2.75) is 26.1 Å². The van der Waals surface area contributed by atoms with Gasteiger partial charge in [-0.15, -0.1) is 11.6 Å². The van der Waals surface area contributed by atoms with Crippen LogP contribution in [0, 0.1) is 0 Å². The molecular formula is C13H15ClF3NO. The monoisotopic (exact) mass is 293 g/mol.